The van der Waals surface area contributed by atoms with Crippen LogP contribution in [0.3, 0.4) is 0 Å². The van der Waals surface area contributed by atoms with Crippen molar-refractivity contribution in [3.63, 3.8) is 0 Å². The van der Waals surface area contributed by atoms with Crippen LogP contribution in [0.15, 0.2) is 30.3 Å². The Kier molecular flexibility index (Phi) is 2.77. The zero-order chi connectivity index (χ0) is 13.8. The van der Waals surface area contributed by atoms with E-state index in [1.807, 2.05) is 0 Å². The normalized spacial score (nSPS) is 41.6. The Labute approximate surface area is 122 Å². The van der Waals surface area contributed by atoms with Crippen molar-refractivity contribution in [3.8, 4) is 0 Å². The van der Waals surface area contributed by atoms with Crippen molar-refractivity contribution in [1.82, 2.24) is 5.32 Å². The van der Waals surface area contributed by atoms with Crippen molar-refractivity contribution in [1.29, 1.82) is 0 Å². The molecule has 4 aliphatic rings. The first-order chi connectivity index (χ1) is 9.55. The molecule has 4 aliphatic carbocycles. The summed E-state index contributed by atoms with van der Waals surface area (Å²) in [5.74, 6) is 2.88. The largest absolute Gasteiger partial charge is 0.310 e. The smallest absolute Gasteiger partial charge is 0.0899 e. The van der Waals surface area contributed by atoms with Gasteiger partial charge in [0, 0.05) is 5.54 Å². The second-order valence-electron chi connectivity index (χ2n) is 7.89. The Balaban J connectivity index is 1.59. The Bertz CT molecular complexity index is 456. The van der Waals surface area contributed by atoms with Gasteiger partial charge in [0.1, 0.15) is 0 Å². The summed E-state index contributed by atoms with van der Waals surface area (Å²) in [5.41, 5.74) is 7.76. The van der Waals surface area contributed by atoms with Crippen molar-refractivity contribution in [2.75, 3.05) is 0 Å². The molecule has 108 valence electrons. The quantitative estimate of drug-likeness (QED) is 0.826. The molecule has 2 heteroatoms. The molecule has 0 saturated heterocycles. The summed E-state index contributed by atoms with van der Waals surface area (Å²) in [6.45, 7) is 2.14. The van der Waals surface area contributed by atoms with E-state index in [9.17, 15) is 0 Å². The van der Waals surface area contributed by atoms with E-state index < -0.39 is 5.66 Å². The minimum absolute atomic E-state index is 0.314. The first-order valence-corrected chi connectivity index (χ1v) is 8.18. The summed E-state index contributed by atoms with van der Waals surface area (Å²) in [6, 6.07) is 10.5. The molecular formula is C18H26N2. The Morgan fingerprint density at radius 1 is 1.00 bits per heavy atom. The number of hydrogen-bond acceptors (Lipinski definition) is 2. The third kappa shape index (κ3) is 2.10. The van der Waals surface area contributed by atoms with Crippen molar-refractivity contribution in [3.05, 3.63) is 35.9 Å². The van der Waals surface area contributed by atoms with Gasteiger partial charge in [0.15, 0.2) is 0 Å². The third-order valence-electron chi connectivity index (χ3n) is 5.94. The second kappa shape index (κ2) is 4.32. The SMILES string of the molecule is CC(N)(NC12CC3CC(CC(C3)C1)C2)c1ccccc1. The van der Waals surface area contributed by atoms with Gasteiger partial charge in [-0.2, -0.15) is 0 Å². The fourth-order valence-corrected chi connectivity index (χ4v) is 5.67. The molecular weight excluding hydrogens is 244 g/mol. The lowest BCUT2D eigenvalue weighted by Gasteiger charge is -2.59. The molecule has 0 aromatic heterocycles. The van der Waals surface area contributed by atoms with Gasteiger partial charge >= 0.3 is 0 Å². The molecule has 2 nitrogen and oxygen atoms in total. The standard InChI is InChI=1S/C18H26N2/c1-17(19,16-5-3-2-4-6-16)20-18-10-13-7-14(11-18)9-15(8-13)12-18/h2-6,13-15,20H,7-12,19H2,1H3. The summed E-state index contributed by atoms with van der Waals surface area (Å²) >= 11 is 0. The molecule has 1 aromatic carbocycles. The lowest BCUT2D eigenvalue weighted by molar-refractivity contribution is -0.0344. The maximum Gasteiger partial charge on any atom is 0.0899 e. The molecule has 0 radical (unpaired) electrons. The molecule has 1 aromatic rings. The minimum atomic E-state index is -0.410. The van der Waals surface area contributed by atoms with E-state index in [0.717, 1.165) is 17.8 Å². The molecule has 3 N–H and O–H groups in total. The molecule has 0 amide bonds. The average Bonchev–Trinajstić information content (AvgIpc) is 2.36. The Morgan fingerprint density at radius 3 is 2.00 bits per heavy atom. The van der Waals surface area contributed by atoms with Crippen LogP contribution in [0.25, 0.3) is 0 Å². The van der Waals surface area contributed by atoms with E-state index in [2.05, 4.69) is 42.6 Å². The van der Waals surface area contributed by atoms with Gasteiger partial charge in [-0.15, -0.1) is 0 Å². The van der Waals surface area contributed by atoms with Gasteiger partial charge in [-0.3, -0.25) is 5.32 Å². The molecule has 4 fully saturated rings. The zero-order valence-electron chi connectivity index (χ0n) is 12.4. The molecule has 5 rings (SSSR count). The van der Waals surface area contributed by atoms with Crippen LogP contribution in [-0.4, -0.2) is 5.54 Å². The van der Waals surface area contributed by atoms with E-state index >= 15 is 0 Å². The second-order valence-corrected chi connectivity index (χ2v) is 7.89. The van der Waals surface area contributed by atoms with Crippen molar-refractivity contribution in [2.24, 2.45) is 23.5 Å². The van der Waals surface area contributed by atoms with Crippen LogP contribution in [-0.2, 0) is 5.66 Å². The summed E-state index contributed by atoms with van der Waals surface area (Å²) in [4.78, 5) is 0. The van der Waals surface area contributed by atoms with Gasteiger partial charge in [-0.05, 0) is 68.8 Å². The van der Waals surface area contributed by atoms with Crippen molar-refractivity contribution < 1.29 is 0 Å². The van der Waals surface area contributed by atoms with Crippen LogP contribution < -0.4 is 11.1 Å². The summed E-state index contributed by atoms with van der Waals surface area (Å²) in [5, 5.41) is 3.89. The van der Waals surface area contributed by atoms with Crippen molar-refractivity contribution >= 4 is 0 Å². The van der Waals surface area contributed by atoms with E-state index in [-0.39, 0.29) is 0 Å². The van der Waals surface area contributed by atoms with Crippen LogP contribution >= 0.6 is 0 Å². The molecule has 0 spiro atoms. The van der Waals surface area contributed by atoms with Crippen LogP contribution in [0.1, 0.15) is 51.0 Å². The highest BCUT2D eigenvalue weighted by Crippen LogP contribution is 2.56. The molecule has 4 bridgehead atoms. The van der Waals surface area contributed by atoms with Gasteiger partial charge in [0.25, 0.3) is 0 Å². The van der Waals surface area contributed by atoms with E-state index in [4.69, 9.17) is 5.73 Å². The minimum Gasteiger partial charge on any atom is -0.310 e. The molecule has 1 atom stereocenters. The number of benzene rings is 1. The maximum atomic E-state index is 6.65. The van der Waals surface area contributed by atoms with E-state index in [1.54, 1.807) is 0 Å². The van der Waals surface area contributed by atoms with Crippen LogP contribution in [0, 0.1) is 17.8 Å². The number of nitrogens with one attached hydrogen (secondary N) is 1. The Morgan fingerprint density at radius 2 is 1.50 bits per heavy atom. The lowest BCUT2D eigenvalue weighted by atomic mass is 9.52. The lowest BCUT2D eigenvalue weighted by Crippen LogP contribution is -2.65. The van der Waals surface area contributed by atoms with Gasteiger partial charge in [0.05, 0.1) is 5.66 Å². The third-order valence-corrected chi connectivity index (χ3v) is 5.94. The topological polar surface area (TPSA) is 38.0 Å². The monoisotopic (exact) mass is 270 g/mol. The summed E-state index contributed by atoms with van der Waals surface area (Å²) in [7, 11) is 0. The molecule has 0 aliphatic heterocycles. The fourth-order valence-electron chi connectivity index (χ4n) is 5.67. The number of rotatable bonds is 3. The first-order valence-electron chi connectivity index (χ1n) is 8.18. The van der Waals surface area contributed by atoms with Gasteiger partial charge in [-0.1, -0.05) is 30.3 Å². The molecule has 4 saturated carbocycles. The van der Waals surface area contributed by atoms with Crippen LogP contribution in [0.2, 0.25) is 0 Å². The number of nitrogens with two attached hydrogens (primary N) is 1. The van der Waals surface area contributed by atoms with E-state index in [0.29, 0.717) is 5.54 Å². The van der Waals surface area contributed by atoms with Crippen molar-refractivity contribution in [2.45, 2.75) is 56.7 Å². The maximum absolute atomic E-state index is 6.65. The zero-order valence-corrected chi connectivity index (χ0v) is 12.4. The summed E-state index contributed by atoms with van der Waals surface area (Å²) in [6.07, 6.45) is 8.48. The average molecular weight is 270 g/mol. The molecule has 1 unspecified atom stereocenters. The van der Waals surface area contributed by atoms with Crippen LogP contribution in [0.5, 0.6) is 0 Å². The van der Waals surface area contributed by atoms with E-state index in [1.165, 1.54) is 44.1 Å². The highest BCUT2D eigenvalue weighted by Gasteiger charge is 2.52. The van der Waals surface area contributed by atoms with Gasteiger partial charge in [-0.25, -0.2) is 0 Å². The molecule has 20 heavy (non-hydrogen) atoms. The summed E-state index contributed by atoms with van der Waals surface area (Å²) < 4.78 is 0. The Hall–Kier alpha value is -0.860. The molecule has 0 heterocycles. The van der Waals surface area contributed by atoms with Gasteiger partial charge < -0.3 is 5.73 Å². The highest BCUT2D eigenvalue weighted by molar-refractivity contribution is 5.23. The predicted molar refractivity (Wildman–Crippen MR) is 82.0 cm³/mol. The van der Waals surface area contributed by atoms with Gasteiger partial charge in [0.2, 0.25) is 0 Å². The highest BCUT2D eigenvalue weighted by atomic mass is 15.2. The first kappa shape index (κ1) is 12.8. The van der Waals surface area contributed by atoms with Crippen LogP contribution in [0.4, 0.5) is 0 Å². The fraction of sp³-hybridized carbons (Fsp3) is 0.667. The number of hydrogen-bond donors (Lipinski definition) is 2. The predicted octanol–water partition coefficient (Wildman–Crippen LogP) is 3.38.